The van der Waals surface area contributed by atoms with Gasteiger partial charge in [0.15, 0.2) is 6.10 Å². The third-order valence-corrected chi connectivity index (χ3v) is 2.56. The SMILES string of the molecule is CC(C)(C)OC(=O)[C@@H]1O[C@@H]1c1ccc([N+](=O)[O-])cc1. The topological polar surface area (TPSA) is 82.0 Å². The zero-order valence-corrected chi connectivity index (χ0v) is 11.0. The fourth-order valence-electron chi connectivity index (χ4n) is 1.69. The van der Waals surface area contributed by atoms with Crippen LogP contribution in [-0.4, -0.2) is 22.6 Å². The number of esters is 1. The van der Waals surface area contributed by atoms with E-state index in [1.807, 2.05) is 0 Å². The minimum Gasteiger partial charge on any atom is -0.458 e. The third kappa shape index (κ3) is 3.29. The van der Waals surface area contributed by atoms with Gasteiger partial charge in [-0.2, -0.15) is 0 Å². The third-order valence-electron chi connectivity index (χ3n) is 2.56. The van der Waals surface area contributed by atoms with Gasteiger partial charge in [-0.15, -0.1) is 0 Å². The van der Waals surface area contributed by atoms with Gasteiger partial charge in [0.1, 0.15) is 11.7 Å². The Morgan fingerprint density at radius 3 is 2.37 bits per heavy atom. The minimum atomic E-state index is -0.610. The second-order valence-electron chi connectivity index (χ2n) is 5.36. The summed E-state index contributed by atoms with van der Waals surface area (Å²) >= 11 is 0. The van der Waals surface area contributed by atoms with Crippen LogP contribution in [0.4, 0.5) is 5.69 Å². The number of hydrogen-bond donors (Lipinski definition) is 0. The Hall–Kier alpha value is -1.95. The molecule has 1 aliphatic rings. The lowest BCUT2D eigenvalue weighted by Crippen LogP contribution is -2.26. The number of ether oxygens (including phenoxy) is 2. The van der Waals surface area contributed by atoms with Crippen molar-refractivity contribution >= 4 is 11.7 Å². The molecule has 1 fully saturated rings. The molecule has 0 bridgehead atoms. The van der Waals surface area contributed by atoms with Crippen LogP contribution < -0.4 is 0 Å². The van der Waals surface area contributed by atoms with Gasteiger partial charge in [-0.25, -0.2) is 4.79 Å². The normalized spacial score (nSPS) is 21.8. The van der Waals surface area contributed by atoms with Crippen LogP contribution >= 0.6 is 0 Å². The first kappa shape index (κ1) is 13.5. The molecule has 0 spiro atoms. The van der Waals surface area contributed by atoms with Gasteiger partial charge in [-0.1, -0.05) is 0 Å². The van der Waals surface area contributed by atoms with E-state index in [0.717, 1.165) is 5.56 Å². The van der Waals surface area contributed by atoms with Gasteiger partial charge in [-0.3, -0.25) is 10.1 Å². The second-order valence-corrected chi connectivity index (χ2v) is 5.36. The summed E-state index contributed by atoms with van der Waals surface area (Å²) in [5.74, 6) is -0.407. The number of rotatable bonds is 3. The van der Waals surface area contributed by atoms with Crippen LogP contribution in [0.1, 0.15) is 32.4 Å². The number of non-ortho nitro benzene ring substituents is 1. The van der Waals surface area contributed by atoms with Gasteiger partial charge >= 0.3 is 5.97 Å². The molecule has 6 heteroatoms. The molecule has 0 N–H and O–H groups in total. The highest BCUT2D eigenvalue weighted by molar-refractivity contribution is 5.78. The maximum Gasteiger partial charge on any atom is 0.338 e. The van der Waals surface area contributed by atoms with Crippen LogP contribution in [0, 0.1) is 10.1 Å². The zero-order chi connectivity index (χ0) is 14.2. The molecule has 2 atom stereocenters. The van der Waals surface area contributed by atoms with Crippen LogP contribution in [0.25, 0.3) is 0 Å². The van der Waals surface area contributed by atoms with Crippen molar-refractivity contribution in [3.8, 4) is 0 Å². The Kier molecular flexibility index (Phi) is 3.28. The predicted octanol–water partition coefficient (Wildman–Crippen LogP) is 2.38. The molecular formula is C13H15NO5. The van der Waals surface area contributed by atoms with E-state index in [0.29, 0.717) is 0 Å². The van der Waals surface area contributed by atoms with Crippen LogP contribution in [0.5, 0.6) is 0 Å². The predicted molar refractivity (Wildman–Crippen MR) is 66.6 cm³/mol. The summed E-state index contributed by atoms with van der Waals surface area (Å²) in [6, 6.07) is 5.96. The molecule has 0 saturated carbocycles. The number of hydrogen-bond acceptors (Lipinski definition) is 5. The van der Waals surface area contributed by atoms with Crippen molar-refractivity contribution in [3.63, 3.8) is 0 Å². The van der Waals surface area contributed by atoms with Crippen molar-refractivity contribution in [2.45, 2.75) is 38.6 Å². The van der Waals surface area contributed by atoms with Crippen LogP contribution in [0.3, 0.4) is 0 Å². The van der Waals surface area contributed by atoms with Gasteiger partial charge in [0, 0.05) is 12.1 Å². The van der Waals surface area contributed by atoms with Gasteiger partial charge in [0.2, 0.25) is 0 Å². The van der Waals surface area contributed by atoms with E-state index < -0.39 is 22.6 Å². The van der Waals surface area contributed by atoms with Crippen molar-refractivity contribution in [2.24, 2.45) is 0 Å². The summed E-state index contributed by atoms with van der Waals surface area (Å²) in [7, 11) is 0. The highest BCUT2D eigenvalue weighted by atomic mass is 16.6. The molecule has 1 aliphatic heterocycles. The quantitative estimate of drug-likeness (QED) is 0.362. The highest BCUT2D eigenvalue weighted by Crippen LogP contribution is 2.40. The van der Waals surface area contributed by atoms with Crippen LogP contribution in [0.15, 0.2) is 24.3 Å². The van der Waals surface area contributed by atoms with E-state index in [2.05, 4.69) is 0 Å². The summed E-state index contributed by atoms with van der Waals surface area (Å²) in [6.07, 6.45) is -0.976. The lowest BCUT2D eigenvalue weighted by molar-refractivity contribution is -0.384. The number of benzene rings is 1. The molecule has 1 aromatic rings. The van der Waals surface area contributed by atoms with Crippen molar-refractivity contribution in [3.05, 3.63) is 39.9 Å². The molecule has 102 valence electrons. The molecule has 0 amide bonds. The maximum atomic E-state index is 11.7. The molecule has 0 unspecified atom stereocenters. The number of nitro benzene ring substituents is 1. The first-order valence-electron chi connectivity index (χ1n) is 5.90. The molecule has 1 aromatic carbocycles. The van der Waals surface area contributed by atoms with Gasteiger partial charge < -0.3 is 9.47 Å². The van der Waals surface area contributed by atoms with Crippen molar-refractivity contribution < 1.29 is 19.2 Å². The molecule has 2 rings (SSSR count). The molecule has 19 heavy (non-hydrogen) atoms. The molecule has 6 nitrogen and oxygen atoms in total. The molecule has 1 heterocycles. The van der Waals surface area contributed by atoms with E-state index in [4.69, 9.17) is 9.47 Å². The molecule has 0 aliphatic carbocycles. The number of nitrogens with zero attached hydrogens (tertiary/aromatic N) is 1. The van der Waals surface area contributed by atoms with E-state index in [1.54, 1.807) is 32.9 Å². The van der Waals surface area contributed by atoms with E-state index >= 15 is 0 Å². The van der Waals surface area contributed by atoms with Gasteiger partial charge in [0.05, 0.1) is 4.92 Å². The lowest BCUT2D eigenvalue weighted by atomic mass is 10.1. The number of carbonyl (C=O) groups is 1. The number of epoxide rings is 1. The maximum absolute atomic E-state index is 11.7. The minimum absolute atomic E-state index is 0.0122. The van der Waals surface area contributed by atoms with E-state index in [1.165, 1.54) is 12.1 Å². The average molecular weight is 265 g/mol. The Balaban J connectivity index is 1.99. The standard InChI is InChI=1S/C13H15NO5/c1-13(2,3)19-12(15)11-10(18-11)8-4-6-9(7-5-8)14(16)17/h4-7,10-11H,1-3H3/t10-,11-/m1/s1. The first-order chi connectivity index (χ1) is 8.78. The lowest BCUT2D eigenvalue weighted by Gasteiger charge is -2.18. The summed E-state index contributed by atoms with van der Waals surface area (Å²) < 4.78 is 10.5. The Morgan fingerprint density at radius 1 is 1.32 bits per heavy atom. The average Bonchev–Trinajstić information content (AvgIpc) is 3.06. The van der Waals surface area contributed by atoms with Crippen molar-refractivity contribution in [1.82, 2.24) is 0 Å². The molecular weight excluding hydrogens is 250 g/mol. The summed E-state index contributed by atoms with van der Waals surface area (Å²) in [4.78, 5) is 21.8. The Bertz CT molecular complexity index is 503. The molecule has 0 aromatic heterocycles. The monoisotopic (exact) mass is 265 g/mol. The largest absolute Gasteiger partial charge is 0.458 e. The zero-order valence-electron chi connectivity index (χ0n) is 11.0. The molecule has 1 saturated heterocycles. The summed E-state index contributed by atoms with van der Waals surface area (Å²) in [6.45, 7) is 5.36. The van der Waals surface area contributed by atoms with E-state index in [-0.39, 0.29) is 11.8 Å². The molecule has 0 radical (unpaired) electrons. The van der Waals surface area contributed by atoms with Crippen LogP contribution in [0.2, 0.25) is 0 Å². The Morgan fingerprint density at radius 2 is 1.89 bits per heavy atom. The smallest absolute Gasteiger partial charge is 0.338 e. The summed E-state index contributed by atoms with van der Waals surface area (Å²) in [5.41, 5.74) is 0.197. The van der Waals surface area contributed by atoms with Crippen molar-refractivity contribution in [2.75, 3.05) is 0 Å². The Labute approximate surface area is 110 Å². The summed E-state index contributed by atoms with van der Waals surface area (Å²) in [5, 5.41) is 10.5. The number of nitro groups is 1. The first-order valence-corrected chi connectivity index (χ1v) is 5.90. The second kappa shape index (κ2) is 4.62. The van der Waals surface area contributed by atoms with Gasteiger partial charge in [-0.05, 0) is 38.5 Å². The van der Waals surface area contributed by atoms with Crippen LogP contribution in [-0.2, 0) is 14.3 Å². The van der Waals surface area contributed by atoms with Crippen molar-refractivity contribution in [1.29, 1.82) is 0 Å². The fourth-order valence-corrected chi connectivity index (χ4v) is 1.69. The highest BCUT2D eigenvalue weighted by Gasteiger charge is 2.48. The van der Waals surface area contributed by atoms with Gasteiger partial charge in [0.25, 0.3) is 5.69 Å². The number of carbonyl (C=O) groups excluding carboxylic acids is 1. The van der Waals surface area contributed by atoms with E-state index in [9.17, 15) is 14.9 Å². The fraction of sp³-hybridized carbons (Fsp3) is 0.462.